The average Bonchev–Trinajstić information content (AvgIpc) is 2.38. The highest BCUT2D eigenvalue weighted by molar-refractivity contribution is 9.10. The smallest absolute Gasteiger partial charge is 0.258 e. The second kappa shape index (κ2) is 5.58. The molecule has 1 saturated heterocycles. The molecule has 1 aromatic rings. The second-order valence-corrected chi connectivity index (χ2v) is 5.07. The molecule has 1 fully saturated rings. The van der Waals surface area contributed by atoms with Gasteiger partial charge in [0.15, 0.2) is 0 Å². The molecule has 19 heavy (non-hydrogen) atoms. The highest BCUT2D eigenvalue weighted by Gasteiger charge is 2.32. The van der Waals surface area contributed by atoms with Crippen molar-refractivity contribution in [2.24, 2.45) is 5.73 Å². The molecule has 2 rings (SSSR count). The lowest BCUT2D eigenvalue weighted by Crippen LogP contribution is -2.54. The molecule has 102 valence electrons. The van der Waals surface area contributed by atoms with Gasteiger partial charge in [0.1, 0.15) is 11.8 Å². The van der Waals surface area contributed by atoms with Crippen LogP contribution in [0.1, 0.15) is 10.4 Å². The largest absolute Gasteiger partial charge is 0.507 e. The van der Waals surface area contributed by atoms with Gasteiger partial charge in [-0.05, 0) is 18.2 Å². The molecule has 0 aliphatic carbocycles. The van der Waals surface area contributed by atoms with Crippen LogP contribution in [-0.4, -0.2) is 47.6 Å². The number of halogens is 1. The Balaban J connectivity index is 2.28. The van der Waals surface area contributed by atoms with Gasteiger partial charge in [-0.3, -0.25) is 9.59 Å². The summed E-state index contributed by atoms with van der Waals surface area (Å²) in [5.74, 6) is -1.20. The topological polar surface area (TPSA) is 92.9 Å². The van der Waals surface area contributed by atoms with E-state index in [1.54, 1.807) is 6.07 Å². The number of carbonyl (C=O) groups is 2. The number of morpholine rings is 1. The number of phenolic OH excluding ortho intramolecular Hbond substituents is 1. The first-order chi connectivity index (χ1) is 9.00. The summed E-state index contributed by atoms with van der Waals surface area (Å²) in [5, 5.41) is 9.79. The van der Waals surface area contributed by atoms with Crippen LogP contribution in [0, 0.1) is 0 Å². The number of primary amides is 1. The molecule has 1 aliphatic rings. The third-order valence-corrected chi connectivity index (χ3v) is 3.40. The number of hydrogen-bond acceptors (Lipinski definition) is 4. The standard InChI is InChI=1S/C12H13BrN2O4/c13-7-1-2-8(10(16)5-7)12(18)15-3-4-19-6-9(15)11(14)17/h1-2,5,9,16H,3-4,6H2,(H2,14,17). The molecule has 1 unspecified atom stereocenters. The number of carbonyl (C=O) groups excluding carboxylic acids is 2. The van der Waals surface area contributed by atoms with E-state index in [1.807, 2.05) is 0 Å². The highest BCUT2D eigenvalue weighted by Crippen LogP contribution is 2.24. The molecular formula is C12H13BrN2O4. The molecule has 0 saturated carbocycles. The molecule has 1 atom stereocenters. The van der Waals surface area contributed by atoms with Gasteiger partial charge in [-0.15, -0.1) is 0 Å². The van der Waals surface area contributed by atoms with Crippen molar-refractivity contribution in [2.75, 3.05) is 19.8 Å². The summed E-state index contributed by atoms with van der Waals surface area (Å²) in [5.41, 5.74) is 5.39. The maximum atomic E-state index is 12.3. The quantitative estimate of drug-likeness (QED) is 0.825. The van der Waals surface area contributed by atoms with E-state index in [4.69, 9.17) is 10.5 Å². The summed E-state index contributed by atoms with van der Waals surface area (Å²) in [7, 11) is 0. The van der Waals surface area contributed by atoms with E-state index < -0.39 is 17.9 Å². The van der Waals surface area contributed by atoms with Crippen LogP contribution < -0.4 is 5.73 Å². The Hall–Kier alpha value is -1.60. The first kappa shape index (κ1) is 13.8. The lowest BCUT2D eigenvalue weighted by atomic mass is 10.1. The lowest BCUT2D eigenvalue weighted by Gasteiger charge is -2.33. The number of rotatable bonds is 2. The Morgan fingerprint density at radius 1 is 1.47 bits per heavy atom. The van der Waals surface area contributed by atoms with E-state index in [0.717, 1.165) is 0 Å². The van der Waals surface area contributed by atoms with Gasteiger partial charge in [0.25, 0.3) is 5.91 Å². The van der Waals surface area contributed by atoms with Gasteiger partial charge < -0.3 is 20.5 Å². The zero-order valence-electron chi connectivity index (χ0n) is 10.0. The first-order valence-electron chi connectivity index (χ1n) is 5.67. The predicted molar refractivity (Wildman–Crippen MR) is 70.6 cm³/mol. The minimum atomic E-state index is -0.802. The summed E-state index contributed by atoms with van der Waals surface area (Å²) in [4.78, 5) is 25.0. The number of ether oxygens (including phenoxy) is 1. The average molecular weight is 329 g/mol. The van der Waals surface area contributed by atoms with Crippen LogP contribution in [0.2, 0.25) is 0 Å². The Morgan fingerprint density at radius 2 is 2.21 bits per heavy atom. The fourth-order valence-corrected chi connectivity index (χ4v) is 2.27. The predicted octanol–water partition coefficient (Wildman–Crippen LogP) is 0.481. The Bertz CT molecular complexity index is 520. The number of aromatic hydroxyl groups is 1. The fourth-order valence-electron chi connectivity index (χ4n) is 1.92. The van der Waals surface area contributed by atoms with Gasteiger partial charge in [-0.25, -0.2) is 0 Å². The van der Waals surface area contributed by atoms with Crippen LogP contribution in [0.4, 0.5) is 0 Å². The van der Waals surface area contributed by atoms with Gasteiger partial charge in [-0.1, -0.05) is 15.9 Å². The molecule has 1 aliphatic heterocycles. The zero-order valence-corrected chi connectivity index (χ0v) is 11.6. The molecule has 1 heterocycles. The maximum Gasteiger partial charge on any atom is 0.258 e. The molecule has 0 bridgehead atoms. The number of hydrogen-bond donors (Lipinski definition) is 2. The Kier molecular flexibility index (Phi) is 4.06. The summed E-state index contributed by atoms with van der Waals surface area (Å²) >= 11 is 3.20. The zero-order chi connectivity index (χ0) is 14.0. The van der Waals surface area contributed by atoms with Gasteiger partial charge in [0, 0.05) is 11.0 Å². The van der Waals surface area contributed by atoms with Crippen molar-refractivity contribution in [1.82, 2.24) is 4.90 Å². The van der Waals surface area contributed by atoms with Crippen LogP contribution in [-0.2, 0) is 9.53 Å². The SMILES string of the molecule is NC(=O)C1COCCN1C(=O)c1ccc(Br)cc1O. The summed E-state index contributed by atoms with van der Waals surface area (Å²) in [6, 6.07) is 3.76. The van der Waals surface area contributed by atoms with E-state index in [-0.39, 0.29) is 24.5 Å². The van der Waals surface area contributed by atoms with Gasteiger partial charge in [-0.2, -0.15) is 0 Å². The molecule has 7 heteroatoms. The molecule has 1 aromatic carbocycles. The number of amides is 2. The molecule has 2 amide bonds. The van der Waals surface area contributed by atoms with E-state index in [0.29, 0.717) is 11.1 Å². The normalized spacial score (nSPS) is 19.2. The van der Waals surface area contributed by atoms with E-state index in [1.165, 1.54) is 17.0 Å². The van der Waals surface area contributed by atoms with Crippen LogP contribution in [0.15, 0.2) is 22.7 Å². The van der Waals surface area contributed by atoms with Crippen LogP contribution in [0.5, 0.6) is 5.75 Å². The minimum Gasteiger partial charge on any atom is -0.507 e. The molecule has 0 radical (unpaired) electrons. The van der Waals surface area contributed by atoms with Gasteiger partial charge in [0.2, 0.25) is 5.91 Å². The summed E-state index contributed by atoms with van der Waals surface area (Å²) in [6.07, 6.45) is 0. The summed E-state index contributed by atoms with van der Waals surface area (Å²) < 4.78 is 5.81. The van der Waals surface area contributed by atoms with Crippen molar-refractivity contribution in [1.29, 1.82) is 0 Å². The van der Waals surface area contributed by atoms with E-state index in [2.05, 4.69) is 15.9 Å². The molecular weight excluding hydrogens is 316 g/mol. The number of nitrogens with two attached hydrogens (primary N) is 1. The molecule has 0 spiro atoms. The van der Waals surface area contributed by atoms with Crippen molar-refractivity contribution in [2.45, 2.75) is 6.04 Å². The first-order valence-corrected chi connectivity index (χ1v) is 6.46. The second-order valence-electron chi connectivity index (χ2n) is 4.15. The highest BCUT2D eigenvalue weighted by atomic mass is 79.9. The monoisotopic (exact) mass is 328 g/mol. The lowest BCUT2D eigenvalue weighted by molar-refractivity contribution is -0.127. The Morgan fingerprint density at radius 3 is 2.84 bits per heavy atom. The van der Waals surface area contributed by atoms with Gasteiger partial charge in [0.05, 0.1) is 18.8 Å². The maximum absolute atomic E-state index is 12.3. The fraction of sp³-hybridized carbons (Fsp3) is 0.333. The van der Waals surface area contributed by atoms with Crippen molar-refractivity contribution in [3.8, 4) is 5.75 Å². The van der Waals surface area contributed by atoms with Crippen molar-refractivity contribution in [3.63, 3.8) is 0 Å². The van der Waals surface area contributed by atoms with Crippen molar-refractivity contribution in [3.05, 3.63) is 28.2 Å². The minimum absolute atomic E-state index is 0.0817. The third kappa shape index (κ3) is 2.87. The molecule has 0 aromatic heterocycles. The van der Waals surface area contributed by atoms with E-state index >= 15 is 0 Å². The number of phenols is 1. The van der Waals surface area contributed by atoms with Crippen LogP contribution in [0.3, 0.4) is 0 Å². The third-order valence-electron chi connectivity index (χ3n) is 2.91. The van der Waals surface area contributed by atoms with Gasteiger partial charge >= 0.3 is 0 Å². The van der Waals surface area contributed by atoms with Crippen LogP contribution in [0.25, 0.3) is 0 Å². The number of nitrogens with zero attached hydrogens (tertiary/aromatic N) is 1. The number of benzene rings is 1. The summed E-state index contributed by atoms with van der Waals surface area (Å²) in [6.45, 7) is 0.688. The van der Waals surface area contributed by atoms with Crippen molar-refractivity contribution < 1.29 is 19.4 Å². The Labute approximate surface area is 118 Å². The molecule has 3 N–H and O–H groups in total. The van der Waals surface area contributed by atoms with E-state index in [9.17, 15) is 14.7 Å². The van der Waals surface area contributed by atoms with Crippen LogP contribution >= 0.6 is 15.9 Å². The van der Waals surface area contributed by atoms with Crippen molar-refractivity contribution >= 4 is 27.7 Å². The molecule has 6 nitrogen and oxygen atoms in total.